The molecule has 2 bridgehead atoms. The maximum atomic E-state index is 13.8. The predicted molar refractivity (Wildman–Crippen MR) is 180 cm³/mol. The number of fused-ring (bicyclic) bond motifs is 15. The van der Waals surface area contributed by atoms with Crippen molar-refractivity contribution in [2.75, 3.05) is 6.61 Å². The van der Waals surface area contributed by atoms with E-state index in [2.05, 4.69) is 31.9 Å². The number of rotatable bonds is 6. The monoisotopic (exact) mass is 674 g/mol. The summed E-state index contributed by atoms with van der Waals surface area (Å²) < 4.78 is 6.10. The highest BCUT2D eigenvalue weighted by atomic mass is 16.5. The first-order valence-electron chi connectivity index (χ1n) is 17.0. The quantitative estimate of drug-likeness (QED) is 0.245. The van der Waals surface area contributed by atoms with Crippen LogP contribution in [-0.2, 0) is 41.6 Å². The van der Waals surface area contributed by atoms with Gasteiger partial charge in [-0.15, -0.1) is 0 Å². The molecule has 2 aromatic carbocycles. The Morgan fingerprint density at radius 1 is 0.898 bits per heavy atom. The molecule has 1 saturated carbocycles. The lowest BCUT2D eigenvalue weighted by molar-refractivity contribution is -0.135. The summed E-state index contributed by atoms with van der Waals surface area (Å²) in [5.74, 6) is -1.95. The number of carbonyl (C=O) groups is 6. The number of benzene rings is 2. The number of hydrogen-bond donors (Lipinski definition) is 6. The van der Waals surface area contributed by atoms with Crippen LogP contribution >= 0.6 is 0 Å². The Morgan fingerprint density at radius 3 is 2.24 bits per heavy atom. The number of carbonyl (C=O) groups excluding carboxylic acids is 6. The third-order valence-electron chi connectivity index (χ3n) is 9.07. The summed E-state index contributed by atoms with van der Waals surface area (Å²) in [5.41, 5.74) is 0.359. The van der Waals surface area contributed by atoms with E-state index < -0.39 is 53.3 Å². The first-order valence-corrected chi connectivity index (χ1v) is 17.0. The summed E-state index contributed by atoms with van der Waals surface area (Å²) in [6.07, 6.45) is 2.26. The smallest absolute Gasteiger partial charge is 0.246 e. The van der Waals surface area contributed by atoms with Gasteiger partial charge in [0.2, 0.25) is 35.4 Å². The minimum atomic E-state index is -1.22. The molecule has 5 atom stereocenters. The second-order valence-electron chi connectivity index (χ2n) is 13.7. The molecule has 262 valence electrons. The van der Waals surface area contributed by atoms with Crippen molar-refractivity contribution in [2.24, 2.45) is 5.92 Å². The second-order valence-corrected chi connectivity index (χ2v) is 13.7. The van der Waals surface area contributed by atoms with Crippen LogP contribution in [0.25, 0.3) is 0 Å². The van der Waals surface area contributed by atoms with Gasteiger partial charge in [0.1, 0.15) is 42.1 Å². The maximum Gasteiger partial charge on any atom is 0.246 e. The lowest BCUT2D eigenvalue weighted by atomic mass is 10.0. The van der Waals surface area contributed by atoms with E-state index >= 15 is 0 Å². The fourth-order valence-electron chi connectivity index (χ4n) is 6.10. The minimum absolute atomic E-state index is 0.105. The summed E-state index contributed by atoms with van der Waals surface area (Å²) in [4.78, 5) is 79.1. The molecule has 13 nitrogen and oxygen atoms in total. The molecule has 0 unspecified atom stereocenters. The van der Waals surface area contributed by atoms with Crippen LogP contribution in [0.15, 0.2) is 54.6 Å². The number of ether oxygens (including phenoxy) is 1. The van der Waals surface area contributed by atoms with E-state index in [0.717, 1.165) is 11.1 Å². The van der Waals surface area contributed by atoms with Crippen LogP contribution in [0, 0.1) is 5.92 Å². The van der Waals surface area contributed by atoms with Gasteiger partial charge in [-0.1, -0.05) is 56.3 Å². The van der Waals surface area contributed by atoms with Crippen LogP contribution in [0.2, 0.25) is 0 Å². The lowest BCUT2D eigenvalue weighted by Crippen LogP contribution is -2.60. The largest absolute Gasteiger partial charge is 0.491 e. The van der Waals surface area contributed by atoms with Gasteiger partial charge in [-0.3, -0.25) is 28.8 Å². The van der Waals surface area contributed by atoms with E-state index in [4.69, 9.17) is 4.74 Å². The van der Waals surface area contributed by atoms with Gasteiger partial charge >= 0.3 is 0 Å². The number of hydrogen-bond acceptors (Lipinski definition) is 7. The third-order valence-corrected chi connectivity index (χ3v) is 9.07. The molecule has 1 spiro atoms. The molecule has 6 amide bonds. The first-order chi connectivity index (χ1) is 23.4. The molecule has 1 aliphatic carbocycles. The highest BCUT2D eigenvalue weighted by Gasteiger charge is 2.52. The van der Waals surface area contributed by atoms with Gasteiger partial charge in [-0.2, -0.15) is 0 Å². The van der Waals surface area contributed by atoms with E-state index in [0.29, 0.717) is 31.4 Å². The highest BCUT2D eigenvalue weighted by molar-refractivity contribution is 5.99. The fourth-order valence-corrected chi connectivity index (χ4v) is 6.10. The Morgan fingerprint density at radius 2 is 1.61 bits per heavy atom. The standard InChI is InChI=1S/C36H46N6O7/c1-21(2)17-25-20-49-26-11-9-24(10-12-26)19-28(40-32(45)27-13-14-30(43)39-27)33(46)37-22(3)31(44)42-36(15-16-36)35(48)41-29(34(47)38-25)18-23-7-5-4-6-8-23/h4-12,21-22,25,27-29H,13-20H2,1-3H3,(H,37,46)(H,38,47)(H,39,43)(H,40,45)(H,41,48)(H,42,44)/t22-,25+,27-,28+,29-/m1/s1. The van der Waals surface area contributed by atoms with Crippen molar-refractivity contribution in [3.63, 3.8) is 0 Å². The van der Waals surface area contributed by atoms with E-state index in [1.165, 1.54) is 6.92 Å². The second kappa shape index (κ2) is 15.5. The van der Waals surface area contributed by atoms with Crippen LogP contribution < -0.4 is 36.6 Å². The Kier molecular flexibility index (Phi) is 11.2. The molecule has 3 aliphatic heterocycles. The third kappa shape index (κ3) is 9.58. The Hall–Kier alpha value is -4.94. The summed E-state index contributed by atoms with van der Waals surface area (Å²) in [6, 6.07) is 12.3. The van der Waals surface area contributed by atoms with Crippen molar-refractivity contribution < 1.29 is 33.5 Å². The predicted octanol–water partition coefficient (Wildman–Crippen LogP) is 0.797. The average molecular weight is 675 g/mol. The summed E-state index contributed by atoms with van der Waals surface area (Å²) in [7, 11) is 0. The highest BCUT2D eigenvalue weighted by Crippen LogP contribution is 2.36. The van der Waals surface area contributed by atoms with Crippen LogP contribution in [0.4, 0.5) is 0 Å². The molecule has 6 N–H and O–H groups in total. The normalized spacial score (nSPS) is 26.1. The van der Waals surface area contributed by atoms with Crippen LogP contribution in [0.1, 0.15) is 64.0 Å². The molecule has 13 heteroatoms. The zero-order valence-electron chi connectivity index (χ0n) is 28.2. The van der Waals surface area contributed by atoms with E-state index in [-0.39, 0.29) is 49.6 Å². The minimum Gasteiger partial charge on any atom is -0.491 e. The molecule has 0 aromatic heterocycles. The summed E-state index contributed by atoms with van der Waals surface area (Å²) in [5, 5.41) is 16.8. The topological polar surface area (TPSA) is 184 Å². The molecule has 6 rings (SSSR count). The van der Waals surface area contributed by atoms with Gasteiger partial charge in [0, 0.05) is 19.3 Å². The molecule has 1 saturated heterocycles. The maximum absolute atomic E-state index is 13.8. The molecular formula is C36H46N6O7. The SMILES string of the molecule is CC(C)C[C@H]1COc2ccc(cc2)C[C@H](NC(=O)[C@H]2CCC(=O)N2)C(=O)N[C@H](C)C(=O)NC2(CC2)C(=O)N[C@H](Cc2ccccc2)C(=O)N1. The van der Waals surface area contributed by atoms with Gasteiger partial charge in [0.25, 0.3) is 0 Å². The average Bonchev–Trinajstić information content (AvgIpc) is 3.72. The van der Waals surface area contributed by atoms with Gasteiger partial charge in [-0.25, -0.2) is 0 Å². The van der Waals surface area contributed by atoms with E-state index in [9.17, 15) is 28.8 Å². The van der Waals surface area contributed by atoms with E-state index in [1.54, 1.807) is 24.3 Å². The van der Waals surface area contributed by atoms with Crippen molar-refractivity contribution in [3.05, 3.63) is 65.7 Å². The summed E-state index contributed by atoms with van der Waals surface area (Å²) >= 11 is 0. The Labute approximate surface area is 286 Å². The van der Waals surface area contributed by atoms with Gasteiger partial charge < -0.3 is 36.6 Å². The lowest BCUT2D eigenvalue weighted by Gasteiger charge is -2.27. The molecule has 4 aliphatic rings. The van der Waals surface area contributed by atoms with Crippen LogP contribution in [0.5, 0.6) is 5.75 Å². The molecular weight excluding hydrogens is 628 g/mol. The Balaban J connectivity index is 1.41. The number of amides is 6. The molecule has 3 heterocycles. The van der Waals surface area contributed by atoms with Crippen molar-refractivity contribution >= 4 is 35.4 Å². The van der Waals surface area contributed by atoms with Crippen molar-refractivity contribution in [3.8, 4) is 5.75 Å². The van der Waals surface area contributed by atoms with Crippen molar-refractivity contribution in [2.45, 2.75) is 101 Å². The zero-order valence-corrected chi connectivity index (χ0v) is 28.2. The fraction of sp³-hybridized carbons (Fsp3) is 0.500. The van der Waals surface area contributed by atoms with E-state index in [1.807, 2.05) is 44.2 Å². The molecule has 0 radical (unpaired) electrons. The van der Waals surface area contributed by atoms with Gasteiger partial charge in [0.05, 0.1) is 6.04 Å². The summed E-state index contributed by atoms with van der Waals surface area (Å²) in [6.45, 7) is 5.78. The van der Waals surface area contributed by atoms with Crippen molar-refractivity contribution in [1.82, 2.24) is 31.9 Å². The van der Waals surface area contributed by atoms with Crippen LogP contribution in [-0.4, -0.2) is 77.8 Å². The molecule has 2 aromatic rings. The van der Waals surface area contributed by atoms with Gasteiger partial charge in [0.15, 0.2) is 0 Å². The number of nitrogens with one attached hydrogen (secondary N) is 6. The Bertz CT molecular complexity index is 1540. The van der Waals surface area contributed by atoms with Crippen LogP contribution in [0.3, 0.4) is 0 Å². The van der Waals surface area contributed by atoms with Crippen molar-refractivity contribution in [1.29, 1.82) is 0 Å². The van der Waals surface area contributed by atoms with Gasteiger partial charge in [-0.05, 0) is 61.8 Å². The molecule has 2 fully saturated rings. The zero-order chi connectivity index (χ0) is 35.1. The first kappa shape index (κ1) is 35.4. The molecule has 49 heavy (non-hydrogen) atoms.